The van der Waals surface area contributed by atoms with Gasteiger partial charge in [0.2, 0.25) is 0 Å². The van der Waals surface area contributed by atoms with Crippen molar-refractivity contribution in [2.45, 2.75) is 124 Å². The van der Waals surface area contributed by atoms with Crippen LogP contribution in [0.25, 0.3) is 11.1 Å². The second-order valence-electron chi connectivity index (χ2n) is 14.2. The molecule has 6 heteroatoms. The molecular weight excluding hydrogens is 548 g/mol. The van der Waals surface area contributed by atoms with Gasteiger partial charge in [-0.25, -0.2) is 0 Å². The first-order valence-corrected chi connectivity index (χ1v) is 17.4. The Morgan fingerprint density at radius 2 is 0.894 bits per heavy atom. The third kappa shape index (κ3) is 9.80. The molecule has 0 aromatic heterocycles. The van der Waals surface area contributed by atoms with Crippen molar-refractivity contribution in [2.24, 2.45) is 11.8 Å². The average molecular weight is 607 g/mol. The molecule has 2 nitrogen and oxygen atoms in total. The van der Waals surface area contributed by atoms with Crippen molar-refractivity contribution in [2.75, 3.05) is 10.6 Å². The van der Waals surface area contributed by atoms with Gasteiger partial charge in [0.05, 0.1) is 0 Å². The average Bonchev–Trinajstić information content (AvgIpc) is 3.41. The standard InChI is InChI=1S/C41H54N2.4Li.4H/c1-26-21-28(3)40(30(26)5)36-24-32(17-19-38(36)42-34-13-9-7-10-14-34)23-33-18-20-39(43-35-15-11-8-12-16-35)37(25-33)41-29(4)22-27(2)31(41)6;;;;;;;;/h17-22,24-25,28-29,34-35,42-43H,7-16,23H2,1-6H3;;;;;;;;. The number of hydrogen-bond acceptors (Lipinski definition) is 2. The number of anilines is 2. The predicted molar refractivity (Wildman–Crippen MR) is 216 cm³/mol. The van der Waals surface area contributed by atoms with Crippen LogP contribution >= 0.6 is 0 Å². The molecule has 47 heavy (non-hydrogen) atoms. The number of hydrogen-bond donors (Lipinski definition) is 2. The van der Waals surface area contributed by atoms with E-state index in [-0.39, 0.29) is 75.4 Å². The zero-order chi connectivity index (χ0) is 30.1. The topological polar surface area (TPSA) is 24.1 Å². The first kappa shape index (κ1) is 42.6. The summed E-state index contributed by atoms with van der Waals surface area (Å²) in [5, 5.41) is 8.00. The fourth-order valence-electron chi connectivity index (χ4n) is 8.44. The molecule has 0 spiro atoms. The van der Waals surface area contributed by atoms with E-state index in [1.165, 1.54) is 131 Å². The van der Waals surface area contributed by atoms with Gasteiger partial charge in [0.15, 0.2) is 0 Å². The van der Waals surface area contributed by atoms with Crippen LogP contribution in [0.1, 0.15) is 128 Å². The minimum absolute atomic E-state index is 0. The van der Waals surface area contributed by atoms with Gasteiger partial charge in [-0.1, -0.05) is 87.8 Å². The third-order valence-corrected chi connectivity index (χ3v) is 11.0. The van der Waals surface area contributed by atoms with Crippen LogP contribution in [0, 0.1) is 11.8 Å². The van der Waals surface area contributed by atoms with Crippen LogP contribution in [-0.4, -0.2) is 87.5 Å². The molecule has 4 aliphatic carbocycles. The van der Waals surface area contributed by atoms with Gasteiger partial charge in [-0.05, 0) is 117 Å². The Morgan fingerprint density at radius 1 is 0.532 bits per heavy atom. The first-order valence-electron chi connectivity index (χ1n) is 17.4. The van der Waals surface area contributed by atoms with E-state index < -0.39 is 0 Å². The van der Waals surface area contributed by atoms with Crippen molar-refractivity contribution in [3.05, 3.63) is 93.1 Å². The molecule has 0 aliphatic heterocycles. The van der Waals surface area contributed by atoms with E-state index in [1.807, 2.05) is 0 Å². The van der Waals surface area contributed by atoms with Gasteiger partial charge in [-0.15, -0.1) is 0 Å². The first-order chi connectivity index (χ1) is 20.8. The summed E-state index contributed by atoms with van der Waals surface area (Å²) in [5.74, 6) is 0.904. The number of benzene rings is 2. The minimum atomic E-state index is 0. The summed E-state index contributed by atoms with van der Waals surface area (Å²) in [6.45, 7) is 13.9. The molecule has 2 aromatic carbocycles. The summed E-state index contributed by atoms with van der Waals surface area (Å²) < 4.78 is 0. The number of allylic oxidation sites excluding steroid dienone is 8. The van der Waals surface area contributed by atoms with E-state index in [9.17, 15) is 0 Å². The molecule has 0 bridgehead atoms. The summed E-state index contributed by atoms with van der Waals surface area (Å²) in [5.41, 5.74) is 17.1. The summed E-state index contributed by atoms with van der Waals surface area (Å²) in [6, 6.07) is 15.7. The molecule has 4 aliphatic rings. The van der Waals surface area contributed by atoms with E-state index in [2.05, 4.69) is 101 Å². The van der Waals surface area contributed by atoms with Gasteiger partial charge in [0.25, 0.3) is 0 Å². The van der Waals surface area contributed by atoms with Crippen molar-refractivity contribution in [3.63, 3.8) is 0 Å². The van der Waals surface area contributed by atoms with Crippen molar-refractivity contribution < 1.29 is 0 Å². The third-order valence-electron chi connectivity index (χ3n) is 11.0. The zero-order valence-electron chi connectivity index (χ0n) is 27.7. The summed E-state index contributed by atoms with van der Waals surface area (Å²) in [6.07, 6.45) is 19.2. The Kier molecular flexibility index (Phi) is 17.3. The zero-order valence-corrected chi connectivity index (χ0v) is 27.7. The summed E-state index contributed by atoms with van der Waals surface area (Å²) in [7, 11) is 0. The molecule has 2 saturated carbocycles. The molecule has 6 rings (SSSR count). The molecule has 2 N–H and O–H groups in total. The molecule has 2 atom stereocenters. The molecule has 0 radical (unpaired) electrons. The molecule has 2 aromatic rings. The van der Waals surface area contributed by atoms with Crippen LogP contribution in [0.3, 0.4) is 0 Å². The summed E-state index contributed by atoms with van der Waals surface area (Å²) in [4.78, 5) is 0. The maximum absolute atomic E-state index is 4.00. The van der Waals surface area contributed by atoms with E-state index in [0.717, 1.165) is 6.42 Å². The van der Waals surface area contributed by atoms with Gasteiger partial charge in [0.1, 0.15) is 0 Å². The van der Waals surface area contributed by atoms with Crippen molar-refractivity contribution in [3.8, 4) is 0 Å². The SMILES string of the molecule is CC1=CC(C)C(c2cc(Cc3ccc(NC4CCCCC4)c(C4=C(C)C(C)=CC4C)c3)ccc2NC2CCCCC2)=C1C.[LiH].[LiH].[LiH].[LiH]. The Balaban J connectivity index is 0.00000192. The Morgan fingerprint density at radius 3 is 1.21 bits per heavy atom. The van der Waals surface area contributed by atoms with Gasteiger partial charge < -0.3 is 10.6 Å². The van der Waals surface area contributed by atoms with E-state index in [0.29, 0.717) is 23.9 Å². The maximum atomic E-state index is 4.00. The predicted octanol–water partition coefficient (Wildman–Crippen LogP) is 8.91. The second kappa shape index (κ2) is 19.1. The number of rotatable bonds is 8. The molecule has 0 saturated heterocycles. The Labute approximate surface area is 335 Å². The van der Waals surface area contributed by atoms with Gasteiger partial charge >= 0.3 is 75.4 Å². The monoisotopic (exact) mass is 607 g/mol. The molecular formula is C41H58Li4N2. The molecule has 0 amide bonds. The van der Waals surface area contributed by atoms with E-state index >= 15 is 0 Å². The van der Waals surface area contributed by atoms with Crippen LogP contribution in [0.4, 0.5) is 11.4 Å². The van der Waals surface area contributed by atoms with E-state index in [4.69, 9.17) is 0 Å². The summed E-state index contributed by atoms with van der Waals surface area (Å²) >= 11 is 0. The number of nitrogens with one attached hydrogen (secondary N) is 2. The van der Waals surface area contributed by atoms with Crippen molar-refractivity contribution >= 4 is 98.0 Å². The van der Waals surface area contributed by atoms with Crippen LogP contribution in [0.2, 0.25) is 0 Å². The second-order valence-corrected chi connectivity index (χ2v) is 14.2. The quantitative estimate of drug-likeness (QED) is 0.293. The van der Waals surface area contributed by atoms with Gasteiger partial charge in [-0.3, -0.25) is 0 Å². The molecule has 0 heterocycles. The molecule has 236 valence electrons. The van der Waals surface area contributed by atoms with Crippen molar-refractivity contribution in [1.29, 1.82) is 0 Å². The normalized spacial score (nSPS) is 21.6. The van der Waals surface area contributed by atoms with Crippen LogP contribution in [0.15, 0.2) is 70.8 Å². The van der Waals surface area contributed by atoms with Crippen LogP contribution < -0.4 is 10.6 Å². The van der Waals surface area contributed by atoms with Crippen molar-refractivity contribution in [1.82, 2.24) is 0 Å². The van der Waals surface area contributed by atoms with E-state index in [1.54, 1.807) is 0 Å². The Bertz CT molecular complexity index is 1380. The van der Waals surface area contributed by atoms with Gasteiger partial charge in [-0.2, -0.15) is 0 Å². The van der Waals surface area contributed by atoms with Gasteiger partial charge in [0, 0.05) is 46.4 Å². The van der Waals surface area contributed by atoms with Crippen LogP contribution in [-0.2, 0) is 6.42 Å². The van der Waals surface area contributed by atoms with Crippen LogP contribution in [0.5, 0.6) is 0 Å². The Hall–Kier alpha value is -0.610. The molecule has 2 fully saturated rings. The fraction of sp³-hybridized carbons (Fsp3) is 0.512. The fourth-order valence-corrected chi connectivity index (χ4v) is 8.44. The molecule has 2 unspecified atom stereocenters.